The van der Waals surface area contributed by atoms with E-state index < -0.39 is 6.03 Å². The number of ether oxygens (including phenoxy) is 1. The van der Waals surface area contributed by atoms with Crippen LogP contribution < -0.4 is 20.7 Å². The number of aryl methyl sites for hydroxylation is 1. The molecule has 3 amide bonds. The number of rotatable bonds is 6. The van der Waals surface area contributed by atoms with E-state index in [1.165, 1.54) is 0 Å². The van der Waals surface area contributed by atoms with Crippen molar-refractivity contribution in [3.05, 3.63) is 84.4 Å². The molecule has 0 saturated carbocycles. The minimum absolute atomic E-state index is 0.139. The van der Waals surface area contributed by atoms with Crippen molar-refractivity contribution in [2.45, 2.75) is 6.92 Å². The maximum absolute atomic E-state index is 12.0. The Bertz CT molecular complexity index is 924. The summed E-state index contributed by atoms with van der Waals surface area (Å²) in [5.41, 5.74) is 2.44. The van der Waals surface area contributed by atoms with Gasteiger partial charge in [0.25, 0.3) is 0 Å². The molecule has 0 heterocycles. The Hall–Kier alpha value is -3.80. The van der Waals surface area contributed by atoms with Gasteiger partial charge in [-0.3, -0.25) is 4.79 Å². The number of carbonyl (C=O) groups is 2. The lowest BCUT2D eigenvalue weighted by Crippen LogP contribution is -2.35. The van der Waals surface area contributed by atoms with Crippen LogP contribution in [0.4, 0.5) is 16.2 Å². The van der Waals surface area contributed by atoms with Gasteiger partial charge in [0, 0.05) is 11.4 Å². The Balaban J connectivity index is 1.45. The number of anilines is 2. The van der Waals surface area contributed by atoms with Gasteiger partial charge in [-0.25, -0.2) is 4.79 Å². The zero-order valence-corrected chi connectivity index (χ0v) is 15.4. The molecule has 28 heavy (non-hydrogen) atoms. The fourth-order valence-electron chi connectivity index (χ4n) is 2.41. The fraction of sp³-hybridized carbons (Fsp3) is 0.0909. The van der Waals surface area contributed by atoms with E-state index in [0.29, 0.717) is 17.1 Å². The molecule has 6 nitrogen and oxygen atoms in total. The van der Waals surface area contributed by atoms with Gasteiger partial charge < -0.3 is 20.7 Å². The first-order chi connectivity index (χ1) is 13.6. The molecule has 0 spiro atoms. The minimum Gasteiger partial charge on any atom is -0.457 e. The van der Waals surface area contributed by atoms with E-state index in [9.17, 15) is 9.59 Å². The van der Waals surface area contributed by atoms with Gasteiger partial charge in [-0.2, -0.15) is 0 Å². The highest BCUT2D eigenvalue weighted by Crippen LogP contribution is 2.23. The highest BCUT2D eigenvalue weighted by Gasteiger charge is 2.06. The predicted octanol–water partition coefficient (Wildman–Crippen LogP) is 4.55. The Morgan fingerprint density at radius 1 is 0.750 bits per heavy atom. The highest BCUT2D eigenvalue weighted by atomic mass is 16.5. The second-order valence-electron chi connectivity index (χ2n) is 6.16. The standard InChI is InChI=1S/C22H21N3O3/c1-16-7-11-19(12-8-16)28-20-13-9-18(10-14-20)24-21(26)15-23-22(27)25-17-5-3-2-4-6-17/h2-14H,15H2,1H3,(H,24,26)(H2,23,25,27). The monoisotopic (exact) mass is 375 g/mol. The van der Waals surface area contributed by atoms with Gasteiger partial charge in [0.2, 0.25) is 5.91 Å². The van der Waals surface area contributed by atoms with E-state index >= 15 is 0 Å². The second kappa shape index (κ2) is 9.23. The smallest absolute Gasteiger partial charge is 0.319 e. The van der Waals surface area contributed by atoms with E-state index in [1.807, 2.05) is 49.4 Å². The molecule has 3 aromatic carbocycles. The number of hydrogen-bond acceptors (Lipinski definition) is 3. The Labute approximate surface area is 163 Å². The van der Waals surface area contributed by atoms with Crippen LogP contribution in [-0.4, -0.2) is 18.5 Å². The molecule has 0 aliphatic heterocycles. The number of urea groups is 1. The van der Waals surface area contributed by atoms with Crippen molar-refractivity contribution < 1.29 is 14.3 Å². The van der Waals surface area contributed by atoms with Crippen molar-refractivity contribution in [3.63, 3.8) is 0 Å². The summed E-state index contributed by atoms with van der Waals surface area (Å²) in [4.78, 5) is 23.8. The molecule has 3 N–H and O–H groups in total. The molecular formula is C22H21N3O3. The molecule has 0 atom stereocenters. The summed E-state index contributed by atoms with van der Waals surface area (Å²) < 4.78 is 5.75. The third-order valence-corrected chi connectivity index (χ3v) is 3.84. The summed E-state index contributed by atoms with van der Waals surface area (Å²) in [6.45, 7) is 1.88. The highest BCUT2D eigenvalue weighted by molar-refractivity contribution is 5.96. The van der Waals surface area contributed by atoms with Crippen LogP contribution in [0.25, 0.3) is 0 Å². The first kappa shape index (κ1) is 19.0. The van der Waals surface area contributed by atoms with Crippen LogP contribution in [0.5, 0.6) is 11.5 Å². The third-order valence-electron chi connectivity index (χ3n) is 3.84. The SMILES string of the molecule is Cc1ccc(Oc2ccc(NC(=O)CNC(=O)Nc3ccccc3)cc2)cc1. The Morgan fingerprint density at radius 3 is 1.96 bits per heavy atom. The molecule has 6 heteroatoms. The summed E-state index contributed by atoms with van der Waals surface area (Å²) in [5.74, 6) is 1.09. The lowest BCUT2D eigenvalue weighted by Gasteiger charge is -2.10. The molecule has 3 aromatic rings. The van der Waals surface area contributed by atoms with Crippen LogP contribution in [0.2, 0.25) is 0 Å². The first-order valence-electron chi connectivity index (χ1n) is 8.83. The average Bonchev–Trinajstić information content (AvgIpc) is 2.70. The van der Waals surface area contributed by atoms with Gasteiger partial charge in [-0.15, -0.1) is 0 Å². The van der Waals surface area contributed by atoms with Crippen LogP contribution >= 0.6 is 0 Å². The molecule has 142 valence electrons. The van der Waals surface area contributed by atoms with Crippen molar-refractivity contribution in [2.24, 2.45) is 0 Å². The van der Waals surface area contributed by atoms with Gasteiger partial charge in [0.05, 0.1) is 6.54 Å². The molecule has 0 fully saturated rings. The van der Waals surface area contributed by atoms with E-state index in [-0.39, 0.29) is 12.5 Å². The van der Waals surface area contributed by atoms with Crippen molar-refractivity contribution in [3.8, 4) is 11.5 Å². The number of hydrogen-bond donors (Lipinski definition) is 3. The average molecular weight is 375 g/mol. The summed E-state index contributed by atoms with van der Waals surface area (Å²) in [5, 5.41) is 7.88. The molecule has 0 aliphatic rings. The normalized spacial score (nSPS) is 10.0. The summed E-state index contributed by atoms with van der Waals surface area (Å²) in [6, 6.07) is 23.3. The molecule has 0 aliphatic carbocycles. The zero-order chi connectivity index (χ0) is 19.8. The summed E-state index contributed by atoms with van der Waals surface area (Å²) >= 11 is 0. The number of benzene rings is 3. The Morgan fingerprint density at radius 2 is 1.32 bits per heavy atom. The third kappa shape index (κ3) is 5.88. The van der Waals surface area contributed by atoms with Crippen molar-refractivity contribution in [1.29, 1.82) is 0 Å². The molecule has 0 aromatic heterocycles. The number of amides is 3. The van der Waals surface area contributed by atoms with Crippen LogP contribution in [-0.2, 0) is 4.79 Å². The van der Waals surface area contributed by atoms with E-state index in [4.69, 9.17) is 4.74 Å². The van der Waals surface area contributed by atoms with Gasteiger partial charge in [0.1, 0.15) is 11.5 Å². The lowest BCUT2D eigenvalue weighted by molar-refractivity contribution is -0.115. The minimum atomic E-state index is -0.441. The molecule has 0 unspecified atom stereocenters. The van der Waals surface area contributed by atoms with Crippen LogP contribution in [0.1, 0.15) is 5.56 Å². The number of carbonyl (C=O) groups excluding carboxylic acids is 2. The van der Waals surface area contributed by atoms with E-state index in [1.54, 1.807) is 36.4 Å². The largest absolute Gasteiger partial charge is 0.457 e. The zero-order valence-electron chi connectivity index (χ0n) is 15.4. The van der Waals surface area contributed by atoms with E-state index in [2.05, 4.69) is 16.0 Å². The van der Waals surface area contributed by atoms with Crippen molar-refractivity contribution in [1.82, 2.24) is 5.32 Å². The van der Waals surface area contributed by atoms with E-state index in [0.717, 1.165) is 11.3 Å². The van der Waals surface area contributed by atoms with Crippen LogP contribution in [0, 0.1) is 6.92 Å². The van der Waals surface area contributed by atoms with Gasteiger partial charge in [-0.1, -0.05) is 35.9 Å². The van der Waals surface area contributed by atoms with Crippen molar-refractivity contribution >= 4 is 23.3 Å². The summed E-state index contributed by atoms with van der Waals surface area (Å²) in [7, 11) is 0. The van der Waals surface area contributed by atoms with Crippen molar-refractivity contribution in [2.75, 3.05) is 17.2 Å². The summed E-state index contributed by atoms with van der Waals surface area (Å²) in [6.07, 6.45) is 0. The molecular weight excluding hydrogens is 354 g/mol. The van der Waals surface area contributed by atoms with Crippen LogP contribution in [0.3, 0.4) is 0 Å². The van der Waals surface area contributed by atoms with Gasteiger partial charge >= 0.3 is 6.03 Å². The van der Waals surface area contributed by atoms with Crippen LogP contribution in [0.15, 0.2) is 78.9 Å². The topological polar surface area (TPSA) is 79.5 Å². The number of para-hydroxylation sites is 1. The maximum atomic E-state index is 12.0. The molecule has 0 saturated heterocycles. The maximum Gasteiger partial charge on any atom is 0.319 e. The second-order valence-corrected chi connectivity index (χ2v) is 6.16. The molecule has 0 radical (unpaired) electrons. The molecule has 0 bridgehead atoms. The Kier molecular flexibility index (Phi) is 6.25. The fourth-order valence-corrected chi connectivity index (χ4v) is 2.41. The van der Waals surface area contributed by atoms with Gasteiger partial charge in [0.15, 0.2) is 0 Å². The molecule has 3 rings (SSSR count). The quantitative estimate of drug-likeness (QED) is 0.591. The predicted molar refractivity (Wildman–Crippen MR) is 110 cm³/mol. The number of nitrogens with one attached hydrogen (secondary N) is 3. The van der Waals surface area contributed by atoms with Gasteiger partial charge in [-0.05, 0) is 55.5 Å². The lowest BCUT2D eigenvalue weighted by atomic mass is 10.2. The first-order valence-corrected chi connectivity index (χ1v) is 8.83.